The van der Waals surface area contributed by atoms with Crippen LogP contribution in [0.15, 0.2) is 34.7 Å². The Kier molecular flexibility index (Phi) is 6.27. The zero-order chi connectivity index (χ0) is 15.1. The molecule has 2 aromatic rings. The fourth-order valence-corrected chi connectivity index (χ4v) is 2.63. The zero-order valence-corrected chi connectivity index (χ0v) is 13.4. The molecule has 0 aliphatic carbocycles. The molecule has 0 fully saturated rings. The lowest BCUT2D eigenvalue weighted by molar-refractivity contribution is 0.0792. The minimum Gasteiger partial charge on any atom is -0.459 e. The molecule has 2 atom stereocenters. The minimum absolute atomic E-state index is 0.122. The third-order valence-corrected chi connectivity index (χ3v) is 3.71. The van der Waals surface area contributed by atoms with Crippen molar-refractivity contribution in [3.8, 4) is 0 Å². The van der Waals surface area contributed by atoms with Crippen molar-refractivity contribution in [2.75, 3.05) is 19.8 Å². The van der Waals surface area contributed by atoms with Crippen LogP contribution in [0.25, 0.3) is 11.0 Å². The third-order valence-electron chi connectivity index (χ3n) is 3.71. The number of hydrogen-bond donors (Lipinski definition) is 1. The Labute approximate surface area is 127 Å². The fourth-order valence-electron chi connectivity index (χ4n) is 2.63. The summed E-state index contributed by atoms with van der Waals surface area (Å²) >= 11 is 0. The number of nitrogens with one attached hydrogen (secondary N) is 1. The summed E-state index contributed by atoms with van der Waals surface area (Å²) < 4.78 is 11.8. The topological polar surface area (TPSA) is 34.4 Å². The molecule has 3 heteroatoms. The maximum Gasteiger partial charge on any atom is 0.134 e. The Morgan fingerprint density at radius 1 is 1.19 bits per heavy atom. The Morgan fingerprint density at radius 2 is 2.00 bits per heavy atom. The van der Waals surface area contributed by atoms with Crippen LogP contribution in [0.1, 0.15) is 45.4 Å². The highest BCUT2D eigenvalue weighted by molar-refractivity contribution is 5.77. The van der Waals surface area contributed by atoms with E-state index in [4.69, 9.17) is 9.15 Å². The van der Waals surface area contributed by atoms with Crippen LogP contribution in [0.3, 0.4) is 0 Å². The second kappa shape index (κ2) is 8.20. The van der Waals surface area contributed by atoms with Crippen LogP contribution in [0.5, 0.6) is 0 Å². The van der Waals surface area contributed by atoms with E-state index in [2.05, 4.69) is 38.2 Å². The van der Waals surface area contributed by atoms with Crippen LogP contribution in [0, 0.1) is 5.92 Å². The molecule has 3 nitrogen and oxygen atoms in total. The van der Waals surface area contributed by atoms with Crippen LogP contribution in [0.4, 0.5) is 0 Å². The molecule has 0 aliphatic heterocycles. The molecular formula is C18H27NO2. The molecule has 0 radical (unpaired) electrons. The van der Waals surface area contributed by atoms with Gasteiger partial charge in [0.2, 0.25) is 0 Å². The Hall–Kier alpha value is -1.32. The molecule has 1 aromatic carbocycles. The van der Waals surface area contributed by atoms with Gasteiger partial charge in [-0.3, -0.25) is 0 Å². The van der Waals surface area contributed by atoms with Crippen LogP contribution in [0.2, 0.25) is 0 Å². The highest BCUT2D eigenvalue weighted by atomic mass is 16.5. The number of furan rings is 1. The number of rotatable bonds is 9. The first-order valence-corrected chi connectivity index (χ1v) is 8.04. The van der Waals surface area contributed by atoms with Gasteiger partial charge in [0.25, 0.3) is 0 Å². The monoisotopic (exact) mass is 289 g/mol. The van der Waals surface area contributed by atoms with Gasteiger partial charge in [0.05, 0.1) is 12.6 Å². The molecule has 0 spiro atoms. The third kappa shape index (κ3) is 4.58. The molecule has 0 saturated carbocycles. The van der Waals surface area contributed by atoms with Crippen LogP contribution < -0.4 is 5.32 Å². The van der Waals surface area contributed by atoms with E-state index in [9.17, 15) is 0 Å². The van der Waals surface area contributed by atoms with Gasteiger partial charge in [-0.25, -0.2) is 0 Å². The van der Waals surface area contributed by atoms with E-state index < -0.39 is 0 Å². The van der Waals surface area contributed by atoms with E-state index in [1.807, 2.05) is 18.2 Å². The van der Waals surface area contributed by atoms with E-state index in [0.717, 1.165) is 29.9 Å². The van der Waals surface area contributed by atoms with E-state index in [1.165, 1.54) is 12.8 Å². The summed E-state index contributed by atoms with van der Waals surface area (Å²) in [4.78, 5) is 0. The molecular weight excluding hydrogens is 262 g/mol. The number of hydrogen-bond acceptors (Lipinski definition) is 3. The first-order valence-electron chi connectivity index (χ1n) is 8.04. The van der Waals surface area contributed by atoms with Crippen molar-refractivity contribution in [1.29, 1.82) is 0 Å². The summed E-state index contributed by atoms with van der Waals surface area (Å²) in [6.45, 7) is 8.93. The van der Waals surface area contributed by atoms with Crippen molar-refractivity contribution in [2.45, 2.75) is 39.7 Å². The predicted molar refractivity (Wildman–Crippen MR) is 87.5 cm³/mol. The van der Waals surface area contributed by atoms with Gasteiger partial charge in [-0.05, 0) is 31.0 Å². The summed E-state index contributed by atoms with van der Waals surface area (Å²) in [7, 11) is 0. The SMILES string of the molecule is CCCC(C)COCC(NCC)c1cc2ccccc2o1. The number of likely N-dealkylation sites (N-methyl/N-ethyl adjacent to an activating group) is 1. The van der Waals surface area contributed by atoms with Crippen LogP contribution >= 0.6 is 0 Å². The van der Waals surface area contributed by atoms with E-state index in [0.29, 0.717) is 12.5 Å². The van der Waals surface area contributed by atoms with Gasteiger partial charge in [0, 0.05) is 12.0 Å². The van der Waals surface area contributed by atoms with Crippen molar-refractivity contribution in [3.63, 3.8) is 0 Å². The lowest BCUT2D eigenvalue weighted by Gasteiger charge is -2.17. The summed E-state index contributed by atoms with van der Waals surface area (Å²) in [6, 6.07) is 10.4. The number of fused-ring (bicyclic) bond motifs is 1. The van der Waals surface area contributed by atoms with Gasteiger partial charge >= 0.3 is 0 Å². The van der Waals surface area contributed by atoms with E-state index >= 15 is 0 Å². The quantitative estimate of drug-likeness (QED) is 0.736. The van der Waals surface area contributed by atoms with Crippen molar-refractivity contribution in [1.82, 2.24) is 5.32 Å². The maximum absolute atomic E-state index is 5.95. The van der Waals surface area contributed by atoms with Crippen LogP contribution in [-0.2, 0) is 4.74 Å². The summed E-state index contributed by atoms with van der Waals surface area (Å²) in [5.41, 5.74) is 0.940. The normalized spacial score (nSPS) is 14.4. The molecule has 116 valence electrons. The van der Waals surface area contributed by atoms with Crippen molar-refractivity contribution >= 4 is 11.0 Å². The second-order valence-electron chi connectivity index (χ2n) is 5.73. The van der Waals surface area contributed by atoms with Crippen molar-refractivity contribution in [3.05, 3.63) is 36.1 Å². The molecule has 2 rings (SSSR count). The van der Waals surface area contributed by atoms with Gasteiger partial charge in [-0.15, -0.1) is 0 Å². The van der Waals surface area contributed by atoms with Crippen molar-refractivity contribution in [2.24, 2.45) is 5.92 Å². The number of para-hydroxylation sites is 1. The molecule has 1 heterocycles. The number of benzene rings is 1. The predicted octanol–water partition coefficient (Wildman–Crippen LogP) is 4.54. The van der Waals surface area contributed by atoms with Crippen molar-refractivity contribution < 1.29 is 9.15 Å². The van der Waals surface area contributed by atoms with Gasteiger partial charge in [0.1, 0.15) is 11.3 Å². The summed E-state index contributed by atoms with van der Waals surface area (Å²) in [6.07, 6.45) is 2.43. The Balaban J connectivity index is 1.97. The summed E-state index contributed by atoms with van der Waals surface area (Å²) in [5.74, 6) is 1.58. The fraction of sp³-hybridized carbons (Fsp3) is 0.556. The standard InChI is InChI=1S/C18H27NO2/c1-4-8-14(3)12-20-13-16(19-5-2)18-11-15-9-6-7-10-17(15)21-18/h6-7,9-11,14,16,19H,4-5,8,12-13H2,1-3H3. The average Bonchev–Trinajstić information content (AvgIpc) is 2.90. The first kappa shape index (κ1) is 16.1. The highest BCUT2D eigenvalue weighted by Gasteiger charge is 2.16. The molecule has 1 N–H and O–H groups in total. The Bertz CT molecular complexity index is 502. The zero-order valence-electron chi connectivity index (χ0n) is 13.4. The molecule has 0 aliphatic rings. The molecule has 1 aromatic heterocycles. The number of ether oxygens (including phenoxy) is 1. The average molecular weight is 289 g/mol. The maximum atomic E-state index is 5.95. The molecule has 0 amide bonds. The smallest absolute Gasteiger partial charge is 0.134 e. The van der Waals surface area contributed by atoms with E-state index in [1.54, 1.807) is 0 Å². The largest absolute Gasteiger partial charge is 0.459 e. The van der Waals surface area contributed by atoms with Gasteiger partial charge in [-0.2, -0.15) is 0 Å². The molecule has 2 unspecified atom stereocenters. The van der Waals surface area contributed by atoms with Crippen LogP contribution in [-0.4, -0.2) is 19.8 Å². The summed E-state index contributed by atoms with van der Waals surface area (Å²) in [5, 5.41) is 4.59. The van der Waals surface area contributed by atoms with E-state index in [-0.39, 0.29) is 6.04 Å². The molecule has 0 saturated heterocycles. The minimum atomic E-state index is 0.122. The van der Waals surface area contributed by atoms with Gasteiger partial charge in [0.15, 0.2) is 0 Å². The molecule has 0 bridgehead atoms. The van der Waals surface area contributed by atoms with Gasteiger partial charge < -0.3 is 14.5 Å². The Morgan fingerprint density at radius 3 is 2.71 bits per heavy atom. The lowest BCUT2D eigenvalue weighted by atomic mass is 10.1. The highest BCUT2D eigenvalue weighted by Crippen LogP contribution is 2.24. The molecule has 21 heavy (non-hydrogen) atoms. The lowest BCUT2D eigenvalue weighted by Crippen LogP contribution is -2.25. The van der Waals surface area contributed by atoms with Gasteiger partial charge in [-0.1, -0.05) is 45.4 Å². The first-order chi connectivity index (χ1) is 10.2. The second-order valence-corrected chi connectivity index (χ2v) is 5.73.